The summed E-state index contributed by atoms with van der Waals surface area (Å²) < 4.78 is 35.4. The van der Waals surface area contributed by atoms with Crippen molar-refractivity contribution in [3.63, 3.8) is 0 Å². The number of unbranched alkanes of at least 4 members (excludes halogenated alkanes) is 15. The van der Waals surface area contributed by atoms with Crippen molar-refractivity contribution >= 4 is 24.0 Å². The monoisotopic (exact) mass is 1060 g/mol. The molecular weight excluding hydrogens is 957 g/mol. The van der Waals surface area contributed by atoms with Crippen molar-refractivity contribution in [2.24, 2.45) is 0 Å². The van der Waals surface area contributed by atoms with Gasteiger partial charge in [-0.1, -0.05) is 128 Å². The number of alkyl carbamates (subject to hydrolysis) is 1. The van der Waals surface area contributed by atoms with Gasteiger partial charge in [0.2, 0.25) is 0 Å². The van der Waals surface area contributed by atoms with E-state index in [1.54, 1.807) is 0 Å². The number of hydrogen-bond acceptors (Lipinski definition) is 11. The molecule has 0 aliphatic carbocycles. The van der Waals surface area contributed by atoms with Crippen LogP contribution in [0.2, 0.25) is 0 Å². The number of benzene rings is 1. The van der Waals surface area contributed by atoms with Gasteiger partial charge in [0.05, 0.1) is 6.42 Å². The van der Waals surface area contributed by atoms with Crippen LogP contribution < -0.4 is 5.32 Å². The van der Waals surface area contributed by atoms with Gasteiger partial charge in [0.15, 0.2) is 6.29 Å². The van der Waals surface area contributed by atoms with Crippen molar-refractivity contribution in [2.75, 3.05) is 39.4 Å². The highest BCUT2D eigenvalue weighted by Gasteiger charge is 2.19. The molecule has 2 rings (SSSR count). The lowest BCUT2D eigenvalue weighted by molar-refractivity contribution is -0.160. The van der Waals surface area contributed by atoms with Crippen molar-refractivity contribution in [3.05, 3.63) is 83.5 Å². The average molecular weight is 1060 g/mol. The summed E-state index contributed by atoms with van der Waals surface area (Å²) in [6.07, 6.45) is 45.2. The van der Waals surface area contributed by atoms with E-state index >= 15 is 0 Å². The molecule has 1 aromatic rings. The van der Waals surface area contributed by atoms with Crippen LogP contribution in [0, 0.1) is 0 Å². The molecule has 1 unspecified atom stereocenters. The Balaban J connectivity index is 2.00. The van der Waals surface area contributed by atoms with Gasteiger partial charge >= 0.3 is 24.0 Å². The Kier molecular flexibility index (Phi) is 43.8. The molecule has 1 aromatic carbocycles. The Labute approximate surface area is 461 Å². The van der Waals surface area contributed by atoms with E-state index in [0.717, 1.165) is 142 Å². The minimum atomic E-state index is -0.501. The van der Waals surface area contributed by atoms with Gasteiger partial charge in [-0.25, -0.2) is 4.79 Å². The summed E-state index contributed by atoms with van der Waals surface area (Å²) >= 11 is 0. The van der Waals surface area contributed by atoms with Crippen molar-refractivity contribution in [2.45, 2.75) is 259 Å². The topological polar surface area (TPSA) is 139 Å². The van der Waals surface area contributed by atoms with Gasteiger partial charge in [-0.3, -0.25) is 14.4 Å². The van der Waals surface area contributed by atoms with Crippen molar-refractivity contribution < 1.29 is 47.6 Å². The number of hydrogen-bond donors (Lipinski definition) is 1. The Bertz CT molecular complexity index is 1710. The summed E-state index contributed by atoms with van der Waals surface area (Å²) in [6, 6.07) is 5.57. The molecule has 1 atom stereocenters. The number of likely N-dealkylation sites (tertiary alicyclic amines) is 1. The Morgan fingerprint density at radius 1 is 0.513 bits per heavy atom. The largest absolute Gasteiger partial charge is 0.461 e. The number of nitrogens with one attached hydrogen (secondary N) is 1. The van der Waals surface area contributed by atoms with Crippen molar-refractivity contribution in [1.29, 1.82) is 0 Å². The lowest BCUT2D eigenvalue weighted by Crippen LogP contribution is -2.35. The van der Waals surface area contributed by atoms with Crippen LogP contribution >= 0.6 is 0 Å². The predicted octanol–water partition coefficient (Wildman–Crippen LogP) is 16.0. The zero-order valence-electron chi connectivity index (χ0n) is 48.3. The highest BCUT2D eigenvalue weighted by Crippen LogP contribution is 2.19. The van der Waals surface area contributed by atoms with Gasteiger partial charge < -0.3 is 38.6 Å². The second-order valence-corrected chi connectivity index (χ2v) is 20.5. The number of rotatable bonds is 49. The molecule has 432 valence electrons. The number of allylic oxidation sites excluding steroid dienone is 8. The molecule has 1 N–H and O–H groups in total. The molecule has 0 bridgehead atoms. The molecule has 1 aliphatic heterocycles. The van der Waals surface area contributed by atoms with Crippen LogP contribution in [0.4, 0.5) is 4.79 Å². The minimum absolute atomic E-state index is 0.00634. The summed E-state index contributed by atoms with van der Waals surface area (Å²) in [7, 11) is 0. The maximum absolute atomic E-state index is 13.2. The summed E-state index contributed by atoms with van der Waals surface area (Å²) in [5.74, 6) is -1.04. The molecule has 1 amide bonds. The quantitative estimate of drug-likeness (QED) is 0.0219. The molecule has 1 saturated heterocycles. The normalized spacial score (nSPS) is 13.5. The summed E-state index contributed by atoms with van der Waals surface area (Å²) in [5, 5.41) is 2.90. The second kappa shape index (κ2) is 49.1. The molecule has 12 heteroatoms. The summed E-state index contributed by atoms with van der Waals surface area (Å²) in [5.41, 5.74) is 2.08. The molecule has 1 aliphatic rings. The highest BCUT2D eigenvalue weighted by atomic mass is 16.7. The van der Waals surface area contributed by atoms with Gasteiger partial charge in [0.1, 0.15) is 25.9 Å². The molecule has 1 fully saturated rings. The zero-order valence-corrected chi connectivity index (χ0v) is 48.3. The molecule has 0 aromatic heterocycles. The molecule has 0 radical (unpaired) electrons. The Morgan fingerprint density at radius 3 is 1.53 bits per heavy atom. The summed E-state index contributed by atoms with van der Waals surface area (Å²) in [6.45, 7) is 13.2. The second-order valence-electron chi connectivity index (χ2n) is 20.5. The van der Waals surface area contributed by atoms with Crippen molar-refractivity contribution in [1.82, 2.24) is 10.2 Å². The molecule has 76 heavy (non-hydrogen) atoms. The molecule has 0 saturated carbocycles. The first kappa shape index (κ1) is 67.8. The molecule has 1 heterocycles. The lowest BCUT2D eigenvalue weighted by atomic mass is 10.1. The third-order valence-electron chi connectivity index (χ3n) is 13.4. The third-order valence-corrected chi connectivity index (χ3v) is 13.4. The van der Waals surface area contributed by atoms with Gasteiger partial charge in [-0.15, -0.1) is 0 Å². The number of esters is 3. The smallest absolute Gasteiger partial charge is 0.407 e. The van der Waals surface area contributed by atoms with Crippen LogP contribution in [0.15, 0.2) is 66.8 Å². The SMILES string of the molecule is CC/C=C\CCCCOC(CCC(=O)OCc1cc(COC(=O)CCCCCCC/C=C\C/C=C\CCCCC)cc(COC(=O)CCC(CCCCCC)OC(=O)NCCN2CCCC2)c1)OCCCC/C=C\CC. The number of carbonyl (C=O) groups excluding carboxylic acids is 4. The molecular formula is C64H106N2O10. The third kappa shape index (κ3) is 40.0. The van der Waals surface area contributed by atoms with Crippen LogP contribution in [0.5, 0.6) is 0 Å². The van der Waals surface area contributed by atoms with E-state index in [1.165, 1.54) is 38.5 Å². The van der Waals surface area contributed by atoms with Crippen LogP contribution in [-0.4, -0.2) is 80.7 Å². The maximum atomic E-state index is 13.2. The standard InChI is InChI=1S/C64H106N2O10/c1-5-9-13-17-20-21-22-23-24-25-26-27-28-29-33-39-60(67)73-53-56-50-57(54-74-61(68)41-40-59(38-32-16-12-8-4)76-64(70)65-44-47-66-45-34-35-46-66)52-58(51-56)55-75-62(69)42-43-63(71-48-36-30-18-14-10-6-2)72-49-37-31-19-15-11-7-3/h10-11,14-15,20-21,23-24,50-52,59,63H,5-9,12-13,16-19,22,25-49,53-55H2,1-4H3,(H,65,70)/b14-10-,15-11-,21-20-,24-23-. The van der Waals surface area contributed by atoms with Gasteiger partial charge in [0.25, 0.3) is 0 Å². The van der Waals surface area contributed by atoms with Crippen LogP contribution in [0.1, 0.15) is 243 Å². The van der Waals surface area contributed by atoms with E-state index in [-0.39, 0.29) is 44.6 Å². The first-order valence-corrected chi connectivity index (χ1v) is 30.3. The summed E-state index contributed by atoms with van der Waals surface area (Å²) in [4.78, 5) is 54.5. The molecule has 0 spiro atoms. The zero-order chi connectivity index (χ0) is 54.8. The average Bonchev–Trinajstić information content (AvgIpc) is 3.95. The van der Waals surface area contributed by atoms with Gasteiger partial charge in [-0.2, -0.15) is 0 Å². The lowest BCUT2D eigenvalue weighted by Gasteiger charge is -2.19. The number of carbonyl (C=O) groups is 4. The fourth-order valence-corrected chi connectivity index (χ4v) is 8.91. The van der Waals surface area contributed by atoms with E-state index in [0.29, 0.717) is 62.1 Å². The van der Waals surface area contributed by atoms with Crippen LogP contribution in [0.25, 0.3) is 0 Å². The Hall–Kier alpha value is -4.26. The number of ether oxygens (including phenoxy) is 6. The van der Waals surface area contributed by atoms with Crippen molar-refractivity contribution in [3.8, 4) is 0 Å². The fraction of sp³-hybridized carbons (Fsp3) is 0.719. The van der Waals surface area contributed by atoms with E-state index in [1.807, 2.05) is 18.2 Å². The minimum Gasteiger partial charge on any atom is -0.461 e. The van der Waals surface area contributed by atoms with E-state index < -0.39 is 24.5 Å². The first-order chi connectivity index (χ1) is 37.3. The number of nitrogens with zero attached hydrogens (tertiary/aromatic N) is 1. The van der Waals surface area contributed by atoms with E-state index in [9.17, 15) is 19.2 Å². The fourth-order valence-electron chi connectivity index (χ4n) is 8.91. The van der Waals surface area contributed by atoms with E-state index in [4.69, 9.17) is 28.4 Å². The predicted molar refractivity (Wildman–Crippen MR) is 309 cm³/mol. The van der Waals surface area contributed by atoms with Crippen LogP contribution in [-0.2, 0) is 62.6 Å². The highest BCUT2D eigenvalue weighted by molar-refractivity contribution is 5.70. The van der Waals surface area contributed by atoms with Gasteiger partial charge in [-0.05, 0) is 170 Å². The Morgan fingerprint density at radius 2 is 0.974 bits per heavy atom. The van der Waals surface area contributed by atoms with Gasteiger partial charge in [0, 0.05) is 45.6 Å². The van der Waals surface area contributed by atoms with Crippen LogP contribution in [0.3, 0.4) is 0 Å². The first-order valence-electron chi connectivity index (χ1n) is 30.3. The number of amides is 1. The maximum Gasteiger partial charge on any atom is 0.407 e. The molecule has 12 nitrogen and oxygen atoms in total. The van der Waals surface area contributed by atoms with E-state index in [2.05, 4.69) is 86.5 Å².